The van der Waals surface area contributed by atoms with Crippen molar-refractivity contribution in [3.8, 4) is 0 Å². The summed E-state index contributed by atoms with van der Waals surface area (Å²) >= 11 is 0. The third-order valence-corrected chi connectivity index (χ3v) is 6.11. The number of hydrogen-bond acceptors (Lipinski definition) is 3. The quantitative estimate of drug-likeness (QED) is 0.793. The van der Waals surface area contributed by atoms with E-state index >= 15 is 0 Å². The van der Waals surface area contributed by atoms with Crippen LogP contribution in [0.2, 0.25) is 0 Å². The number of carbonyl (C=O) groups is 1. The average Bonchev–Trinajstić information content (AvgIpc) is 3.24. The van der Waals surface area contributed by atoms with Crippen molar-refractivity contribution in [2.45, 2.75) is 31.5 Å². The van der Waals surface area contributed by atoms with Crippen molar-refractivity contribution < 1.29 is 14.3 Å². The number of ether oxygens (including phenoxy) is 2. The van der Waals surface area contributed by atoms with Crippen molar-refractivity contribution in [3.63, 3.8) is 0 Å². The van der Waals surface area contributed by atoms with E-state index in [1.54, 1.807) is 0 Å². The van der Waals surface area contributed by atoms with Gasteiger partial charge in [-0.2, -0.15) is 0 Å². The second kappa shape index (κ2) is 7.73. The highest BCUT2D eigenvalue weighted by Crippen LogP contribution is 2.47. The molecule has 27 heavy (non-hydrogen) atoms. The number of fused-ring (bicyclic) bond motifs is 1. The van der Waals surface area contributed by atoms with E-state index in [1.165, 1.54) is 5.56 Å². The maximum Gasteiger partial charge on any atom is 0.410 e. The van der Waals surface area contributed by atoms with Crippen LogP contribution in [-0.4, -0.2) is 36.8 Å². The predicted octanol–water partition coefficient (Wildman–Crippen LogP) is 4.29. The highest BCUT2D eigenvalue weighted by molar-refractivity contribution is 5.68. The van der Waals surface area contributed by atoms with E-state index in [1.807, 2.05) is 48.4 Å². The van der Waals surface area contributed by atoms with Crippen molar-refractivity contribution in [1.29, 1.82) is 0 Å². The van der Waals surface area contributed by atoms with Crippen LogP contribution in [0.4, 0.5) is 4.79 Å². The van der Waals surface area contributed by atoms with E-state index in [-0.39, 0.29) is 11.7 Å². The Hall–Kier alpha value is -2.33. The van der Waals surface area contributed by atoms with Gasteiger partial charge in [-0.3, -0.25) is 0 Å². The maximum absolute atomic E-state index is 12.4. The molecule has 4 nitrogen and oxygen atoms in total. The molecule has 0 radical (unpaired) electrons. The molecule has 0 aromatic heterocycles. The van der Waals surface area contributed by atoms with Crippen LogP contribution in [0.5, 0.6) is 0 Å². The van der Waals surface area contributed by atoms with Crippen molar-refractivity contribution in [2.75, 3.05) is 20.2 Å². The summed E-state index contributed by atoms with van der Waals surface area (Å²) in [5.74, 6) is 0.996. The Kier molecular flexibility index (Phi) is 5.17. The molecule has 1 amide bonds. The molecule has 1 unspecified atom stereocenters. The zero-order chi connectivity index (χ0) is 18.7. The van der Waals surface area contributed by atoms with Crippen molar-refractivity contribution >= 4 is 6.09 Å². The predicted molar refractivity (Wildman–Crippen MR) is 104 cm³/mol. The minimum absolute atomic E-state index is 0.100. The summed E-state index contributed by atoms with van der Waals surface area (Å²) < 4.78 is 11.5. The number of hydrogen-bond donors (Lipinski definition) is 0. The first kappa shape index (κ1) is 18.1. The first-order valence-electron chi connectivity index (χ1n) is 9.72. The van der Waals surface area contributed by atoms with Crippen molar-refractivity contribution in [1.82, 2.24) is 4.90 Å². The van der Waals surface area contributed by atoms with Crippen LogP contribution in [0.1, 0.15) is 24.0 Å². The normalized spacial score (nSPS) is 26.8. The van der Waals surface area contributed by atoms with Crippen molar-refractivity contribution in [2.24, 2.45) is 11.8 Å². The first-order valence-corrected chi connectivity index (χ1v) is 9.72. The Morgan fingerprint density at radius 1 is 0.963 bits per heavy atom. The van der Waals surface area contributed by atoms with Gasteiger partial charge < -0.3 is 14.4 Å². The van der Waals surface area contributed by atoms with Crippen LogP contribution >= 0.6 is 0 Å². The molecule has 4 rings (SSSR count). The molecule has 1 saturated heterocycles. The first-order chi connectivity index (χ1) is 13.2. The molecule has 1 aliphatic carbocycles. The van der Waals surface area contributed by atoms with Crippen LogP contribution in [0.15, 0.2) is 60.7 Å². The minimum Gasteiger partial charge on any atom is -0.445 e. The lowest BCUT2D eigenvalue weighted by atomic mass is 9.91. The highest BCUT2D eigenvalue weighted by Gasteiger charge is 2.50. The lowest BCUT2D eigenvalue weighted by Crippen LogP contribution is -2.36. The van der Waals surface area contributed by atoms with Gasteiger partial charge in [-0.15, -0.1) is 0 Å². The van der Waals surface area contributed by atoms with Gasteiger partial charge in [-0.1, -0.05) is 60.7 Å². The number of carbonyl (C=O) groups excluding carboxylic acids is 1. The topological polar surface area (TPSA) is 38.8 Å². The van der Waals surface area contributed by atoms with Gasteiger partial charge in [-0.05, 0) is 35.8 Å². The van der Waals surface area contributed by atoms with Gasteiger partial charge in [0.1, 0.15) is 6.61 Å². The summed E-state index contributed by atoms with van der Waals surface area (Å²) in [6, 6.07) is 20.4. The SMILES string of the molecule is COC1(Cc2ccccc2)C[C@H]2CN(C(=O)OCc3ccccc3)C[C@H]2C1. The molecule has 2 aromatic carbocycles. The molecule has 2 fully saturated rings. The Labute approximate surface area is 161 Å². The maximum atomic E-state index is 12.4. The molecule has 2 aliphatic rings. The monoisotopic (exact) mass is 365 g/mol. The van der Waals surface area contributed by atoms with Gasteiger partial charge in [0.2, 0.25) is 0 Å². The molecule has 0 N–H and O–H groups in total. The molecule has 1 heterocycles. The third kappa shape index (κ3) is 4.01. The van der Waals surface area contributed by atoms with Gasteiger partial charge in [0, 0.05) is 26.6 Å². The molecule has 1 aliphatic heterocycles. The van der Waals surface area contributed by atoms with E-state index in [2.05, 4.69) is 24.3 Å². The summed E-state index contributed by atoms with van der Waals surface area (Å²) in [5.41, 5.74) is 2.24. The fraction of sp³-hybridized carbons (Fsp3) is 0.435. The zero-order valence-electron chi connectivity index (χ0n) is 15.8. The number of benzene rings is 2. The standard InChI is InChI=1S/C23H27NO3/c1-26-23(12-18-8-4-2-5-9-18)13-20-15-24(16-21(20)14-23)22(25)27-17-19-10-6-3-7-11-19/h2-11,20-21H,12-17H2,1H3/t20-,21+,23?. The number of nitrogens with zero attached hydrogens (tertiary/aromatic N) is 1. The number of amides is 1. The summed E-state index contributed by atoms with van der Waals surface area (Å²) in [5, 5.41) is 0. The second-order valence-corrected chi connectivity index (χ2v) is 7.92. The molecule has 142 valence electrons. The molecule has 0 spiro atoms. The largest absolute Gasteiger partial charge is 0.445 e. The number of rotatable bonds is 5. The number of likely N-dealkylation sites (tertiary alicyclic amines) is 1. The summed E-state index contributed by atoms with van der Waals surface area (Å²) in [7, 11) is 1.83. The van der Waals surface area contributed by atoms with Gasteiger partial charge in [0.15, 0.2) is 0 Å². The molecule has 0 bridgehead atoms. The van der Waals surface area contributed by atoms with Gasteiger partial charge in [-0.25, -0.2) is 4.79 Å². The van der Waals surface area contributed by atoms with E-state index in [4.69, 9.17) is 9.47 Å². The second-order valence-electron chi connectivity index (χ2n) is 7.92. The Morgan fingerprint density at radius 2 is 1.52 bits per heavy atom. The lowest BCUT2D eigenvalue weighted by Gasteiger charge is -2.30. The Balaban J connectivity index is 1.32. The Morgan fingerprint density at radius 3 is 2.07 bits per heavy atom. The number of methoxy groups -OCH3 is 1. The van der Waals surface area contributed by atoms with Crippen LogP contribution in [0.3, 0.4) is 0 Å². The van der Waals surface area contributed by atoms with E-state index < -0.39 is 0 Å². The van der Waals surface area contributed by atoms with Crippen LogP contribution in [0, 0.1) is 11.8 Å². The molecule has 4 heteroatoms. The zero-order valence-corrected chi connectivity index (χ0v) is 15.8. The van der Waals surface area contributed by atoms with E-state index in [9.17, 15) is 4.79 Å². The van der Waals surface area contributed by atoms with Crippen molar-refractivity contribution in [3.05, 3.63) is 71.8 Å². The fourth-order valence-corrected chi connectivity index (χ4v) is 4.75. The van der Waals surface area contributed by atoms with Gasteiger partial charge in [0.25, 0.3) is 0 Å². The summed E-state index contributed by atoms with van der Waals surface area (Å²) in [4.78, 5) is 14.3. The molecule has 1 saturated carbocycles. The minimum atomic E-state index is -0.195. The molecule has 2 aromatic rings. The van der Waals surface area contributed by atoms with E-state index in [0.29, 0.717) is 18.4 Å². The average molecular weight is 365 g/mol. The molecule has 3 atom stereocenters. The van der Waals surface area contributed by atoms with Crippen LogP contribution in [0.25, 0.3) is 0 Å². The smallest absolute Gasteiger partial charge is 0.410 e. The van der Waals surface area contributed by atoms with Gasteiger partial charge >= 0.3 is 6.09 Å². The fourth-order valence-electron chi connectivity index (χ4n) is 4.75. The Bertz CT molecular complexity index is 748. The molecular weight excluding hydrogens is 338 g/mol. The lowest BCUT2D eigenvalue weighted by molar-refractivity contribution is -0.0133. The van der Waals surface area contributed by atoms with Crippen LogP contribution in [-0.2, 0) is 22.5 Å². The molecular formula is C23H27NO3. The third-order valence-electron chi connectivity index (χ3n) is 6.11. The van der Waals surface area contributed by atoms with Gasteiger partial charge in [0.05, 0.1) is 5.60 Å². The highest BCUT2D eigenvalue weighted by atomic mass is 16.6. The van der Waals surface area contributed by atoms with E-state index in [0.717, 1.165) is 37.9 Å². The summed E-state index contributed by atoms with van der Waals surface area (Å²) in [6.07, 6.45) is 2.76. The van der Waals surface area contributed by atoms with Crippen LogP contribution < -0.4 is 0 Å². The summed E-state index contributed by atoms with van der Waals surface area (Å²) in [6.45, 7) is 1.89.